The highest BCUT2D eigenvalue weighted by molar-refractivity contribution is 5.09. The quantitative estimate of drug-likeness (QED) is 0.486. The molecule has 0 amide bonds. The highest BCUT2D eigenvalue weighted by Crippen LogP contribution is 2.01. The lowest BCUT2D eigenvalue weighted by atomic mass is 10.2. The Balaban J connectivity index is 2.38. The first-order valence-corrected chi connectivity index (χ1v) is 5.03. The lowest BCUT2D eigenvalue weighted by Crippen LogP contribution is -1.69. The Kier molecular flexibility index (Phi) is 5.87. The van der Waals surface area contributed by atoms with Crippen molar-refractivity contribution < 1.29 is 0 Å². The van der Waals surface area contributed by atoms with Gasteiger partial charge in [-0.05, 0) is 38.2 Å². The molecule has 0 saturated carbocycles. The molecule has 0 aliphatic heterocycles. The van der Waals surface area contributed by atoms with Gasteiger partial charge in [-0.15, -0.1) is 0 Å². The SMILES string of the molecule is [C]1=C/C=C\C=C\CC/C=C\CCC/1. The Morgan fingerprint density at radius 1 is 0.769 bits per heavy atom. The van der Waals surface area contributed by atoms with E-state index in [-0.39, 0.29) is 0 Å². The van der Waals surface area contributed by atoms with Crippen molar-refractivity contribution in [3.8, 4) is 0 Å². The van der Waals surface area contributed by atoms with Gasteiger partial charge in [0.05, 0.1) is 0 Å². The van der Waals surface area contributed by atoms with Crippen LogP contribution < -0.4 is 0 Å². The fourth-order valence-corrected chi connectivity index (χ4v) is 1.20. The van der Waals surface area contributed by atoms with E-state index in [1.807, 2.05) is 12.2 Å². The monoisotopic (exact) mass is 173 g/mol. The molecule has 0 aromatic carbocycles. The minimum absolute atomic E-state index is 1.07. The maximum atomic E-state index is 3.24. The molecule has 1 aliphatic carbocycles. The molecule has 0 aromatic heterocycles. The molecular formula is C13H17. The van der Waals surface area contributed by atoms with E-state index in [1.54, 1.807) is 0 Å². The van der Waals surface area contributed by atoms with Crippen LogP contribution in [0.3, 0.4) is 0 Å². The normalized spacial score (nSPS) is 28.9. The molecule has 1 radical (unpaired) electrons. The van der Waals surface area contributed by atoms with Gasteiger partial charge in [0.25, 0.3) is 0 Å². The molecule has 1 rings (SSSR count). The van der Waals surface area contributed by atoms with Crippen LogP contribution in [0.5, 0.6) is 0 Å². The van der Waals surface area contributed by atoms with Crippen molar-refractivity contribution in [1.82, 2.24) is 0 Å². The van der Waals surface area contributed by atoms with Crippen LogP contribution in [-0.4, -0.2) is 0 Å². The van der Waals surface area contributed by atoms with E-state index < -0.39 is 0 Å². The van der Waals surface area contributed by atoms with Crippen molar-refractivity contribution >= 4 is 0 Å². The van der Waals surface area contributed by atoms with Crippen LogP contribution in [0.15, 0.2) is 42.5 Å². The average Bonchev–Trinajstić information content (AvgIpc) is 2.18. The molecule has 0 bridgehead atoms. The number of hydrogen-bond acceptors (Lipinski definition) is 0. The summed E-state index contributed by atoms with van der Waals surface area (Å²) in [7, 11) is 0. The second-order valence-corrected chi connectivity index (χ2v) is 3.12. The van der Waals surface area contributed by atoms with Gasteiger partial charge >= 0.3 is 0 Å². The van der Waals surface area contributed by atoms with Crippen molar-refractivity contribution in [3.05, 3.63) is 48.6 Å². The fraction of sp³-hybridized carbons (Fsp3) is 0.385. The Hall–Kier alpha value is -1.04. The van der Waals surface area contributed by atoms with Crippen LogP contribution in [0.2, 0.25) is 0 Å². The Morgan fingerprint density at radius 2 is 1.62 bits per heavy atom. The summed E-state index contributed by atoms with van der Waals surface area (Å²) in [5.74, 6) is 0. The van der Waals surface area contributed by atoms with Gasteiger partial charge in [0.15, 0.2) is 0 Å². The summed E-state index contributed by atoms with van der Waals surface area (Å²) >= 11 is 0. The summed E-state index contributed by atoms with van der Waals surface area (Å²) in [6.07, 6.45) is 24.0. The summed E-state index contributed by atoms with van der Waals surface area (Å²) in [6, 6.07) is 0. The zero-order chi connectivity index (χ0) is 9.19. The van der Waals surface area contributed by atoms with Crippen LogP contribution in [0.25, 0.3) is 0 Å². The first-order valence-electron chi connectivity index (χ1n) is 5.03. The maximum Gasteiger partial charge on any atom is -0.0273 e. The largest absolute Gasteiger partial charge is 0.0885 e. The predicted molar refractivity (Wildman–Crippen MR) is 58.3 cm³/mol. The Labute approximate surface area is 81.4 Å². The Bertz CT molecular complexity index is 216. The standard InChI is InChI=1S/C13H17/c1-2-4-6-8-10-12-13-11-9-7-5-3-1/h1-5,10,12H,6,8-9,11,13H2/b3-1-,4-2+,7-5?,12-10-. The van der Waals surface area contributed by atoms with Gasteiger partial charge in [0, 0.05) is 0 Å². The van der Waals surface area contributed by atoms with E-state index in [4.69, 9.17) is 0 Å². The lowest BCUT2D eigenvalue weighted by Gasteiger charge is -1.89. The fourth-order valence-electron chi connectivity index (χ4n) is 1.20. The van der Waals surface area contributed by atoms with Gasteiger partial charge in [-0.1, -0.05) is 42.5 Å². The molecule has 0 aromatic rings. The van der Waals surface area contributed by atoms with E-state index in [0.29, 0.717) is 0 Å². The van der Waals surface area contributed by atoms with Gasteiger partial charge in [-0.25, -0.2) is 0 Å². The molecule has 0 atom stereocenters. The molecule has 13 heavy (non-hydrogen) atoms. The van der Waals surface area contributed by atoms with Crippen molar-refractivity contribution in [2.45, 2.75) is 32.1 Å². The highest BCUT2D eigenvalue weighted by Gasteiger charge is 1.81. The smallest absolute Gasteiger partial charge is 0.0273 e. The van der Waals surface area contributed by atoms with Gasteiger partial charge in [0.1, 0.15) is 0 Å². The highest BCUT2D eigenvalue weighted by atomic mass is 13.9. The summed E-state index contributed by atoms with van der Waals surface area (Å²) in [5.41, 5.74) is 0. The van der Waals surface area contributed by atoms with Crippen LogP contribution in [-0.2, 0) is 0 Å². The second-order valence-electron chi connectivity index (χ2n) is 3.12. The molecule has 0 N–H and O–H groups in total. The second kappa shape index (κ2) is 7.60. The van der Waals surface area contributed by atoms with Gasteiger partial charge < -0.3 is 0 Å². The van der Waals surface area contributed by atoms with Crippen LogP contribution >= 0.6 is 0 Å². The van der Waals surface area contributed by atoms with Crippen LogP contribution in [0.1, 0.15) is 32.1 Å². The maximum absolute atomic E-state index is 3.24. The number of allylic oxidation sites excluding steroid dienone is 8. The summed E-state index contributed by atoms with van der Waals surface area (Å²) < 4.78 is 0. The molecule has 0 nitrogen and oxygen atoms in total. The molecule has 0 spiro atoms. The first kappa shape index (κ1) is 10.0. The van der Waals surface area contributed by atoms with Gasteiger partial charge in [-0.2, -0.15) is 0 Å². The molecular weight excluding hydrogens is 156 g/mol. The van der Waals surface area contributed by atoms with E-state index in [1.165, 1.54) is 19.3 Å². The average molecular weight is 173 g/mol. The molecule has 0 unspecified atom stereocenters. The minimum Gasteiger partial charge on any atom is -0.0885 e. The van der Waals surface area contributed by atoms with E-state index >= 15 is 0 Å². The lowest BCUT2D eigenvalue weighted by molar-refractivity contribution is 0.850. The molecule has 0 fully saturated rings. The van der Waals surface area contributed by atoms with Crippen molar-refractivity contribution in [1.29, 1.82) is 0 Å². The molecule has 0 heteroatoms. The summed E-state index contributed by atoms with van der Waals surface area (Å²) in [6.45, 7) is 0. The molecule has 0 saturated heterocycles. The van der Waals surface area contributed by atoms with Crippen LogP contribution in [0.4, 0.5) is 0 Å². The van der Waals surface area contributed by atoms with Gasteiger partial charge in [0.2, 0.25) is 0 Å². The zero-order valence-electron chi connectivity index (χ0n) is 8.08. The third-order valence-electron chi connectivity index (χ3n) is 1.93. The Morgan fingerprint density at radius 3 is 2.62 bits per heavy atom. The van der Waals surface area contributed by atoms with E-state index in [9.17, 15) is 0 Å². The van der Waals surface area contributed by atoms with Gasteiger partial charge in [-0.3, -0.25) is 0 Å². The third-order valence-corrected chi connectivity index (χ3v) is 1.93. The number of rotatable bonds is 0. The van der Waals surface area contributed by atoms with Crippen molar-refractivity contribution in [3.63, 3.8) is 0 Å². The zero-order valence-corrected chi connectivity index (χ0v) is 8.08. The molecule has 0 heterocycles. The van der Waals surface area contributed by atoms with E-state index in [2.05, 4.69) is 36.5 Å². The predicted octanol–water partition coefficient (Wildman–Crippen LogP) is 3.98. The molecule has 1 aliphatic rings. The minimum atomic E-state index is 1.07. The number of hydrogen-bond donors (Lipinski definition) is 0. The topological polar surface area (TPSA) is 0 Å². The first-order chi connectivity index (χ1) is 6.50. The van der Waals surface area contributed by atoms with E-state index in [0.717, 1.165) is 12.8 Å². The molecule has 69 valence electrons. The van der Waals surface area contributed by atoms with Crippen molar-refractivity contribution in [2.75, 3.05) is 0 Å². The summed E-state index contributed by atoms with van der Waals surface area (Å²) in [4.78, 5) is 0. The third kappa shape index (κ3) is 6.15. The summed E-state index contributed by atoms with van der Waals surface area (Å²) in [5, 5.41) is 0. The van der Waals surface area contributed by atoms with Crippen LogP contribution in [0, 0.1) is 6.08 Å². The van der Waals surface area contributed by atoms with Crippen molar-refractivity contribution in [2.24, 2.45) is 0 Å².